The number of nitrogens with one attached hydrogen (secondary N) is 2. The number of hydrogen-bond acceptors (Lipinski definition) is 3. The van der Waals surface area contributed by atoms with Gasteiger partial charge in [-0.1, -0.05) is 26.2 Å². The maximum atomic E-state index is 11.3. The Kier molecular flexibility index (Phi) is 14.4. The number of carbonyl (C=O) groups excluding carboxylic acids is 1. The Labute approximate surface area is 164 Å². The third-order valence-electron chi connectivity index (χ3n) is 4.40. The first-order chi connectivity index (χ1) is 11.2. The van der Waals surface area contributed by atoms with E-state index in [-0.39, 0.29) is 35.8 Å². The van der Waals surface area contributed by atoms with Crippen molar-refractivity contribution in [2.45, 2.75) is 51.9 Å². The number of guanidine groups is 1. The van der Waals surface area contributed by atoms with Gasteiger partial charge in [0.25, 0.3) is 0 Å². The molecule has 0 saturated carbocycles. The number of piperidine rings is 1. The van der Waals surface area contributed by atoms with Crippen LogP contribution in [0.2, 0.25) is 0 Å². The van der Waals surface area contributed by atoms with Crippen molar-refractivity contribution < 1.29 is 4.79 Å². The average Bonchev–Trinajstić information content (AvgIpc) is 2.56. The van der Waals surface area contributed by atoms with E-state index in [0.29, 0.717) is 0 Å². The Morgan fingerprint density at radius 3 is 2.54 bits per heavy atom. The number of nitrogens with zero attached hydrogens (tertiary/aromatic N) is 2. The van der Waals surface area contributed by atoms with E-state index in [1.165, 1.54) is 25.7 Å². The van der Waals surface area contributed by atoms with E-state index in [2.05, 4.69) is 27.4 Å². The number of aliphatic imine (C=N–C) groups is 1. The fraction of sp³-hybridized carbons (Fsp3) is 0.882. The SMILES string of the molecule is CCCCCCNC(=NC)NCCCN1CCCC(C(N)=O)C1.I. The molecule has 0 aromatic carbocycles. The van der Waals surface area contributed by atoms with Crippen LogP contribution in [0.25, 0.3) is 0 Å². The highest BCUT2D eigenvalue weighted by Gasteiger charge is 2.23. The molecule has 0 aliphatic carbocycles. The number of halogens is 1. The lowest BCUT2D eigenvalue weighted by atomic mass is 9.97. The number of unbranched alkanes of at least 4 members (excludes halogenated alkanes) is 3. The van der Waals surface area contributed by atoms with Gasteiger partial charge in [0.05, 0.1) is 5.92 Å². The van der Waals surface area contributed by atoms with Crippen molar-refractivity contribution in [1.82, 2.24) is 15.5 Å². The van der Waals surface area contributed by atoms with Crippen LogP contribution in [0.4, 0.5) is 0 Å². The minimum absolute atomic E-state index is 0. The first-order valence-corrected chi connectivity index (χ1v) is 9.13. The van der Waals surface area contributed by atoms with Crippen LogP contribution < -0.4 is 16.4 Å². The summed E-state index contributed by atoms with van der Waals surface area (Å²) in [5, 5.41) is 6.71. The standard InChI is InChI=1S/C17H35N5O.HI/c1-3-4-5-6-10-20-17(19-2)21-11-8-13-22-12-7-9-15(14-22)16(18)23;/h15H,3-14H2,1-2H3,(H2,18,23)(H2,19,20,21);1H. The second-order valence-electron chi connectivity index (χ2n) is 6.38. The zero-order valence-corrected chi connectivity index (χ0v) is 17.7. The van der Waals surface area contributed by atoms with Crippen molar-refractivity contribution in [3.8, 4) is 0 Å². The summed E-state index contributed by atoms with van der Waals surface area (Å²) in [6.07, 6.45) is 8.09. The number of likely N-dealkylation sites (tertiary alicyclic amines) is 1. The molecule has 0 aromatic rings. The second-order valence-corrected chi connectivity index (χ2v) is 6.38. The molecule has 142 valence electrons. The molecule has 1 unspecified atom stereocenters. The zero-order valence-electron chi connectivity index (χ0n) is 15.4. The minimum Gasteiger partial charge on any atom is -0.369 e. The summed E-state index contributed by atoms with van der Waals surface area (Å²) in [6, 6.07) is 0. The molecule has 0 radical (unpaired) electrons. The van der Waals surface area contributed by atoms with E-state index in [1.807, 2.05) is 7.05 Å². The molecule has 0 bridgehead atoms. The van der Waals surface area contributed by atoms with Crippen LogP contribution in [0.15, 0.2) is 4.99 Å². The maximum absolute atomic E-state index is 11.3. The maximum Gasteiger partial charge on any atom is 0.221 e. The Morgan fingerprint density at radius 2 is 1.92 bits per heavy atom. The van der Waals surface area contributed by atoms with Crippen LogP contribution in [-0.2, 0) is 4.79 Å². The topological polar surface area (TPSA) is 82.8 Å². The molecule has 1 rings (SSSR count). The predicted octanol–water partition coefficient (Wildman–Crippen LogP) is 1.94. The van der Waals surface area contributed by atoms with E-state index in [0.717, 1.165) is 57.9 Å². The van der Waals surface area contributed by atoms with E-state index in [9.17, 15) is 4.79 Å². The molecule has 7 heteroatoms. The van der Waals surface area contributed by atoms with Gasteiger partial charge in [-0.2, -0.15) is 0 Å². The van der Waals surface area contributed by atoms with Gasteiger partial charge in [-0.15, -0.1) is 24.0 Å². The van der Waals surface area contributed by atoms with E-state index < -0.39 is 0 Å². The lowest BCUT2D eigenvalue weighted by Gasteiger charge is -2.31. The third-order valence-corrected chi connectivity index (χ3v) is 4.40. The average molecular weight is 453 g/mol. The molecule has 1 saturated heterocycles. The molecule has 1 heterocycles. The highest BCUT2D eigenvalue weighted by molar-refractivity contribution is 14.0. The lowest BCUT2D eigenvalue weighted by Crippen LogP contribution is -2.43. The van der Waals surface area contributed by atoms with E-state index >= 15 is 0 Å². The largest absolute Gasteiger partial charge is 0.369 e. The predicted molar refractivity (Wildman–Crippen MR) is 112 cm³/mol. The van der Waals surface area contributed by atoms with Gasteiger partial charge in [0, 0.05) is 26.7 Å². The fourth-order valence-corrected chi connectivity index (χ4v) is 2.98. The summed E-state index contributed by atoms with van der Waals surface area (Å²) in [4.78, 5) is 17.9. The molecule has 4 N–H and O–H groups in total. The van der Waals surface area contributed by atoms with Gasteiger partial charge in [-0.3, -0.25) is 9.79 Å². The molecule has 1 aliphatic heterocycles. The molecule has 6 nitrogen and oxygen atoms in total. The fourth-order valence-electron chi connectivity index (χ4n) is 2.98. The Hall–Kier alpha value is -0.570. The van der Waals surface area contributed by atoms with Gasteiger partial charge in [0.2, 0.25) is 5.91 Å². The summed E-state index contributed by atoms with van der Waals surface area (Å²) in [6.45, 7) is 7.00. The Balaban J connectivity index is 0.00000529. The normalized spacial score (nSPS) is 18.8. The molecule has 1 atom stereocenters. The Bertz CT molecular complexity index is 365. The van der Waals surface area contributed by atoms with E-state index in [1.54, 1.807) is 0 Å². The first kappa shape index (κ1) is 23.4. The second kappa shape index (κ2) is 14.7. The van der Waals surface area contributed by atoms with Crippen LogP contribution in [0.3, 0.4) is 0 Å². The molecule has 1 amide bonds. The lowest BCUT2D eigenvalue weighted by molar-refractivity contribution is -0.123. The molecular weight excluding hydrogens is 417 g/mol. The van der Waals surface area contributed by atoms with Crippen LogP contribution in [-0.4, -0.2) is 56.5 Å². The smallest absolute Gasteiger partial charge is 0.221 e. The molecule has 0 spiro atoms. The summed E-state index contributed by atoms with van der Waals surface area (Å²) >= 11 is 0. The number of hydrogen-bond donors (Lipinski definition) is 3. The quantitative estimate of drug-likeness (QED) is 0.204. The molecule has 1 fully saturated rings. The summed E-state index contributed by atoms with van der Waals surface area (Å²) < 4.78 is 0. The molecule has 24 heavy (non-hydrogen) atoms. The van der Waals surface area contributed by atoms with Crippen LogP contribution in [0, 0.1) is 5.92 Å². The van der Waals surface area contributed by atoms with E-state index in [4.69, 9.17) is 5.73 Å². The highest BCUT2D eigenvalue weighted by Crippen LogP contribution is 2.15. The summed E-state index contributed by atoms with van der Waals surface area (Å²) in [5.41, 5.74) is 5.42. The first-order valence-electron chi connectivity index (χ1n) is 9.13. The zero-order chi connectivity index (χ0) is 16.9. The molecular formula is C17H36IN5O. The van der Waals surface area contributed by atoms with Gasteiger partial charge in [0.1, 0.15) is 0 Å². The van der Waals surface area contributed by atoms with Gasteiger partial charge in [0.15, 0.2) is 5.96 Å². The van der Waals surface area contributed by atoms with Crippen molar-refractivity contribution in [3.63, 3.8) is 0 Å². The van der Waals surface area contributed by atoms with Gasteiger partial charge in [-0.05, 0) is 38.8 Å². The number of rotatable bonds is 10. The van der Waals surface area contributed by atoms with Crippen molar-refractivity contribution in [2.24, 2.45) is 16.6 Å². The van der Waals surface area contributed by atoms with Crippen molar-refractivity contribution in [2.75, 3.05) is 39.8 Å². The van der Waals surface area contributed by atoms with Crippen LogP contribution >= 0.6 is 24.0 Å². The van der Waals surface area contributed by atoms with Gasteiger partial charge >= 0.3 is 0 Å². The Morgan fingerprint density at radius 1 is 1.21 bits per heavy atom. The monoisotopic (exact) mass is 453 g/mol. The highest BCUT2D eigenvalue weighted by atomic mass is 127. The van der Waals surface area contributed by atoms with Crippen LogP contribution in [0.1, 0.15) is 51.9 Å². The van der Waals surface area contributed by atoms with Crippen molar-refractivity contribution in [1.29, 1.82) is 0 Å². The number of nitrogens with two attached hydrogens (primary N) is 1. The van der Waals surface area contributed by atoms with Crippen molar-refractivity contribution in [3.05, 3.63) is 0 Å². The number of primary amides is 1. The summed E-state index contributed by atoms with van der Waals surface area (Å²) in [7, 11) is 1.81. The summed E-state index contributed by atoms with van der Waals surface area (Å²) in [5.74, 6) is 0.768. The number of carbonyl (C=O) groups is 1. The van der Waals surface area contributed by atoms with Gasteiger partial charge < -0.3 is 21.3 Å². The molecule has 1 aliphatic rings. The van der Waals surface area contributed by atoms with Crippen molar-refractivity contribution >= 4 is 35.8 Å². The van der Waals surface area contributed by atoms with Gasteiger partial charge in [-0.25, -0.2) is 0 Å². The number of amides is 1. The molecule has 0 aromatic heterocycles. The van der Waals surface area contributed by atoms with Crippen LogP contribution in [0.5, 0.6) is 0 Å². The minimum atomic E-state index is -0.152. The third kappa shape index (κ3) is 10.3.